The van der Waals surface area contributed by atoms with Gasteiger partial charge in [-0.2, -0.15) is 0 Å². The summed E-state index contributed by atoms with van der Waals surface area (Å²) in [6.07, 6.45) is 4.67. The van der Waals surface area contributed by atoms with Gasteiger partial charge in [0.15, 0.2) is 5.78 Å². The standard InChI is InChI=1S/C20H20FN3OS/c1-13-9-17(23-12-14-5-7-22-8-6-14)19(18(25)10-13)20(26)24-16-4-2-3-15(21)11-16/h2-8,11,13,23H,9-10,12H2,1H3,(H,24,26). The average molecular weight is 369 g/mol. The van der Waals surface area contributed by atoms with Gasteiger partial charge in [-0.1, -0.05) is 25.2 Å². The zero-order valence-corrected chi connectivity index (χ0v) is 15.3. The Morgan fingerprint density at radius 2 is 2.04 bits per heavy atom. The fourth-order valence-corrected chi connectivity index (χ4v) is 3.36. The smallest absolute Gasteiger partial charge is 0.167 e. The minimum absolute atomic E-state index is 0.00915. The van der Waals surface area contributed by atoms with Crippen molar-refractivity contribution < 1.29 is 9.18 Å². The van der Waals surface area contributed by atoms with Crippen LogP contribution in [0.1, 0.15) is 25.3 Å². The fraction of sp³-hybridized carbons (Fsp3) is 0.250. The Labute approximate surface area is 157 Å². The Balaban J connectivity index is 1.82. The van der Waals surface area contributed by atoms with Gasteiger partial charge in [-0.15, -0.1) is 0 Å². The van der Waals surface area contributed by atoms with Crippen molar-refractivity contribution in [2.75, 3.05) is 5.32 Å². The molecule has 1 aliphatic rings. The Kier molecular flexibility index (Phi) is 5.73. The molecule has 4 nitrogen and oxygen atoms in total. The van der Waals surface area contributed by atoms with Crippen LogP contribution in [0.5, 0.6) is 0 Å². The first kappa shape index (κ1) is 18.2. The molecule has 6 heteroatoms. The van der Waals surface area contributed by atoms with Crippen molar-refractivity contribution in [3.8, 4) is 0 Å². The Bertz CT molecular complexity index is 851. The lowest BCUT2D eigenvalue weighted by atomic mass is 9.87. The summed E-state index contributed by atoms with van der Waals surface area (Å²) in [5.74, 6) is -0.0931. The summed E-state index contributed by atoms with van der Waals surface area (Å²) in [5.41, 5.74) is 2.93. The molecule has 0 amide bonds. The number of allylic oxidation sites excluding steroid dienone is 1. The number of nitrogens with one attached hydrogen (secondary N) is 2. The van der Waals surface area contributed by atoms with E-state index in [1.54, 1.807) is 24.5 Å². The normalized spacial score (nSPS) is 17.2. The van der Waals surface area contributed by atoms with Crippen LogP contribution in [0, 0.1) is 11.7 Å². The number of ketones is 1. The summed E-state index contributed by atoms with van der Waals surface area (Å²) in [6, 6.07) is 9.88. The predicted octanol–water partition coefficient (Wildman–Crippen LogP) is 4.00. The van der Waals surface area contributed by atoms with E-state index in [9.17, 15) is 9.18 Å². The van der Waals surface area contributed by atoms with Crippen LogP contribution in [0.3, 0.4) is 0 Å². The summed E-state index contributed by atoms with van der Waals surface area (Å²) in [7, 11) is 0. The first-order chi connectivity index (χ1) is 12.5. The molecule has 1 atom stereocenters. The highest BCUT2D eigenvalue weighted by molar-refractivity contribution is 7.81. The molecule has 3 rings (SSSR count). The lowest BCUT2D eigenvalue weighted by molar-refractivity contribution is -0.116. The van der Waals surface area contributed by atoms with Crippen LogP contribution in [-0.4, -0.2) is 15.8 Å². The third-order valence-electron chi connectivity index (χ3n) is 4.23. The van der Waals surface area contributed by atoms with Crippen LogP contribution in [0.15, 0.2) is 60.1 Å². The molecule has 134 valence electrons. The predicted molar refractivity (Wildman–Crippen MR) is 104 cm³/mol. The van der Waals surface area contributed by atoms with Gasteiger partial charge in [0.2, 0.25) is 0 Å². The largest absolute Gasteiger partial charge is 0.384 e. The molecule has 1 unspecified atom stereocenters. The quantitative estimate of drug-likeness (QED) is 0.780. The Hall–Kier alpha value is -2.60. The molecule has 0 bridgehead atoms. The molecule has 1 heterocycles. The van der Waals surface area contributed by atoms with Crippen molar-refractivity contribution >= 4 is 28.7 Å². The molecule has 0 aliphatic heterocycles. The molecule has 0 spiro atoms. The van der Waals surface area contributed by atoms with Crippen LogP contribution in [0.2, 0.25) is 0 Å². The van der Waals surface area contributed by atoms with Crippen LogP contribution in [-0.2, 0) is 11.3 Å². The van der Waals surface area contributed by atoms with E-state index in [1.165, 1.54) is 12.1 Å². The topological polar surface area (TPSA) is 54.0 Å². The highest BCUT2D eigenvalue weighted by Crippen LogP contribution is 2.27. The summed E-state index contributed by atoms with van der Waals surface area (Å²) in [4.78, 5) is 16.9. The van der Waals surface area contributed by atoms with Gasteiger partial charge in [0.1, 0.15) is 10.8 Å². The molecule has 0 saturated carbocycles. The van der Waals surface area contributed by atoms with Gasteiger partial charge in [-0.25, -0.2) is 4.39 Å². The monoisotopic (exact) mass is 369 g/mol. The number of benzene rings is 1. The van der Waals surface area contributed by atoms with Crippen molar-refractivity contribution in [2.24, 2.45) is 5.92 Å². The second-order valence-electron chi connectivity index (χ2n) is 6.46. The van der Waals surface area contributed by atoms with Crippen LogP contribution < -0.4 is 10.6 Å². The number of halogens is 1. The number of hydrogen-bond acceptors (Lipinski definition) is 4. The number of pyridine rings is 1. The lowest BCUT2D eigenvalue weighted by Gasteiger charge is -2.26. The van der Waals surface area contributed by atoms with Gasteiger partial charge in [0, 0.05) is 36.7 Å². The van der Waals surface area contributed by atoms with Crippen molar-refractivity contribution in [3.63, 3.8) is 0 Å². The van der Waals surface area contributed by atoms with Crippen molar-refractivity contribution in [1.29, 1.82) is 0 Å². The molecule has 2 aromatic rings. The molecule has 1 aliphatic carbocycles. The number of anilines is 1. The number of Topliss-reactive ketones (excluding diaryl/α,β-unsaturated/α-hetero) is 1. The maximum absolute atomic E-state index is 13.4. The number of hydrogen-bond donors (Lipinski definition) is 2. The van der Waals surface area contributed by atoms with E-state index in [0.717, 1.165) is 17.7 Å². The van der Waals surface area contributed by atoms with Crippen molar-refractivity contribution in [1.82, 2.24) is 10.3 Å². The summed E-state index contributed by atoms with van der Waals surface area (Å²) in [5, 5.41) is 6.34. The molecule has 1 aromatic carbocycles. The molecule has 0 fully saturated rings. The maximum Gasteiger partial charge on any atom is 0.167 e. The summed E-state index contributed by atoms with van der Waals surface area (Å²) >= 11 is 5.46. The van der Waals surface area contributed by atoms with E-state index in [2.05, 4.69) is 15.6 Å². The molecular formula is C20H20FN3OS. The van der Waals surface area contributed by atoms with Gasteiger partial charge < -0.3 is 10.6 Å². The number of rotatable bonds is 5. The molecule has 1 aromatic heterocycles. The van der Waals surface area contributed by atoms with Crippen LogP contribution >= 0.6 is 12.2 Å². The van der Waals surface area contributed by atoms with E-state index in [4.69, 9.17) is 12.2 Å². The number of carbonyl (C=O) groups is 1. The third-order valence-corrected chi connectivity index (χ3v) is 4.54. The molecule has 0 radical (unpaired) electrons. The minimum Gasteiger partial charge on any atom is -0.384 e. The minimum atomic E-state index is -0.355. The molecule has 26 heavy (non-hydrogen) atoms. The fourth-order valence-electron chi connectivity index (χ4n) is 3.00. The SMILES string of the molecule is CC1CC(=O)C(C(=S)Nc2cccc(F)c2)=C(NCc2ccncc2)C1. The van der Waals surface area contributed by atoms with Crippen molar-refractivity contribution in [2.45, 2.75) is 26.3 Å². The summed E-state index contributed by atoms with van der Waals surface area (Å²) < 4.78 is 13.4. The second-order valence-corrected chi connectivity index (χ2v) is 6.87. The number of aromatic nitrogens is 1. The van der Waals surface area contributed by atoms with E-state index >= 15 is 0 Å². The Morgan fingerprint density at radius 1 is 1.27 bits per heavy atom. The van der Waals surface area contributed by atoms with E-state index < -0.39 is 0 Å². The van der Waals surface area contributed by atoms with E-state index in [-0.39, 0.29) is 17.5 Å². The number of thiocarbonyl (C=S) groups is 1. The highest BCUT2D eigenvalue weighted by Gasteiger charge is 2.28. The van der Waals surface area contributed by atoms with Crippen LogP contribution in [0.4, 0.5) is 10.1 Å². The van der Waals surface area contributed by atoms with E-state index in [1.807, 2.05) is 19.1 Å². The molecular weight excluding hydrogens is 349 g/mol. The maximum atomic E-state index is 13.4. The summed E-state index contributed by atoms with van der Waals surface area (Å²) in [6.45, 7) is 2.63. The van der Waals surface area contributed by atoms with E-state index in [0.29, 0.717) is 29.2 Å². The van der Waals surface area contributed by atoms with Gasteiger partial charge in [0.05, 0.1) is 5.57 Å². The zero-order valence-electron chi connectivity index (χ0n) is 14.5. The van der Waals surface area contributed by atoms with Crippen LogP contribution in [0.25, 0.3) is 0 Å². The van der Waals surface area contributed by atoms with Gasteiger partial charge in [-0.3, -0.25) is 9.78 Å². The average Bonchev–Trinajstić information content (AvgIpc) is 2.60. The first-order valence-corrected chi connectivity index (χ1v) is 8.90. The first-order valence-electron chi connectivity index (χ1n) is 8.49. The lowest BCUT2D eigenvalue weighted by Crippen LogP contribution is -2.31. The third kappa shape index (κ3) is 4.52. The molecule has 2 N–H and O–H groups in total. The number of carbonyl (C=O) groups excluding carboxylic acids is 1. The zero-order chi connectivity index (χ0) is 18.5. The number of nitrogens with zero attached hydrogens (tertiary/aromatic N) is 1. The second kappa shape index (κ2) is 8.19. The molecule has 0 saturated heterocycles. The Morgan fingerprint density at radius 3 is 2.77 bits per heavy atom. The van der Waals surface area contributed by atoms with Gasteiger partial charge in [-0.05, 0) is 48.2 Å². The van der Waals surface area contributed by atoms with Gasteiger partial charge in [0.25, 0.3) is 0 Å². The van der Waals surface area contributed by atoms with Gasteiger partial charge >= 0.3 is 0 Å². The highest BCUT2D eigenvalue weighted by atomic mass is 32.1. The van der Waals surface area contributed by atoms with Crippen molar-refractivity contribution in [3.05, 3.63) is 71.4 Å².